The maximum absolute atomic E-state index is 12.6. The highest BCUT2D eigenvalue weighted by Crippen LogP contribution is 2.18. The fraction of sp³-hybridized carbons (Fsp3) is 0.591. The summed E-state index contributed by atoms with van der Waals surface area (Å²) in [6.07, 6.45) is 2.90. The molecule has 0 radical (unpaired) electrons. The molecule has 0 bridgehead atoms. The molecule has 5 heteroatoms. The molecule has 0 spiro atoms. The molecule has 1 aliphatic rings. The van der Waals surface area contributed by atoms with E-state index in [1.807, 2.05) is 18.2 Å². The fourth-order valence-electron chi connectivity index (χ4n) is 3.94. The zero-order valence-electron chi connectivity index (χ0n) is 17.1. The van der Waals surface area contributed by atoms with Gasteiger partial charge in [-0.2, -0.15) is 0 Å². The van der Waals surface area contributed by atoms with Crippen LogP contribution in [0.2, 0.25) is 0 Å². The molecule has 1 aromatic heterocycles. The molecule has 1 atom stereocenters. The van der Waals surface area contributed by atoms with Gasteiger partial charge in [0.2, 0.25) is 0 Å². The maximum Gasteiger partial charge on any atom is 0.251 e. The number of amides is 1. The monoisotopic (exact) mass is 368 g/mol. The van der Waals surface area contributed by atoms with Crippen LogP contribution in [0.15, 0.2) is 18.2 Å². The van der Waals surface area contributed by atoms with Gasteiger partial charge in [-0.1, -0.05) is 27.7 Å². The zero-order valence-corrected chi connectivity index (χ0v) is 17.1. The van der Waals surface area contributed by atoms with Crippen LogP contribution in [-0.2, 0) is 12.8 Å². The summed E-state index contributed by atoms with van der Waals surface area (Å²) >= 11 is 0. The molecule has 0 aliphatic carbocycles. The molecule has 3 rings (SSSR count). The van der Waals surface area contributed by atoms with Crippen molar-refractivity contribution < 1.29 is 4.79 Å². The summed E-state index contributed by atoms with van der Waals surface area (Å²) in [7, 11) is 0. The highest BCUT2D eigenvalue weighted by atomic mass is 16.1. The molecule has 1 N–H and O–H groups in total. The molecular formula is C22H32N4O. The number of aromatic nitrogens is 2. The van der Waals surface area contributed by atoms with Crippen molar-refractivity contribution in [2.75, 3.05) is 26.2 Å². The van der Waals surface area contributed by atoms with E-state index in [-0.39, 0.29) is 5.91 Å². The minimum atomic E-state index is -0.0152. The van der Waals surface area contributed by atoms with Crippen LogP contribution in [0.1, 0.15) is 55.9 Å². The molecule has 2 heterocycles. The molecule has 146 valence electrons. The largest absolute Gasteiger partial charge is 0.352 e. The number of nitrogens with zero attached hydrogens (tertiary/aromatic N) is 3. The van der Waals surface area contributed by atoms with Gasteiger partial charge in [-0.25, -0.2) is 9.97 Å². The van der Waals surface area contributed by atoms with Gasteiger partial charge in [0.25, 0.3) is 5.91 Å². The van der Waals surface area contributed by atoms with Gasteiger partial charge in [-0.05, 0) is 55.8 Å². The Morgan fingerprint density at radius 1 is 1.19 bits per heavy atom. The lowest BCUT2D eigenvalue weighted by Crippen LogP contribution is -2.31. The molecule has 1 aromatic carbocycles. The summed E-state index contributed by atoms with van der Waals surface area (Å²) < 4.78 is 0. The van der Waals surface area contributed by atoms with Crippen LogP contribution in [0.4, 0.5) is 0 Å². The number of carbonyl (C=O) groups excluding carboxylic acids is 1. The van der Waals surface area contributed by atoms with E-state index in [0.29, 0.717) is 17.4 Å². The molecule has 2 aromatic rings. The average Bonchev–Trinajstić information content (AvgIpc) is 3.10. The molecule has 1 aliphatic heterocycles. The first-order chi connectivity index (χ1) is 13.0. The summed E-state index contributed by atoms with van der Waals surface area (Å²) in [6, 6.07) is 5.64. The number of carbonyl (C=O) groups is 1. The Labute approximate surface area is 162 Å². The minimum Gasteiger partial charge on any atom is -0.352 e. The molecular weight excluding hydrogens is 336 g/mol. The van der Waals surface area contributed by atoms with Crippen LogP contribution < -0.4 is 5.32 Å². The van der Waals surface area contributed by atoms with Gasteiger partial charge in [0.05, 0.1) is 22.4 Å². The Balaban J connectivity index is 1.64. The smallest absolute Gasteiger partial charge is 0.251 e. The van der Waals surface area contributed by atoms with Crippen LogP contribution in [0.5, 0.6) is 0 Å². The topological polar surface area (TPSA) is 58.1 Å². The van der Waals surface area contributed by atoms with Crippen molar-refractivity contribution in [3.05, 3.63) is 35.2 Å². The van der Waals surface area contributed by atoms with Crippen molar-refractivity contribution in [2.45, 2.75) is 47.0 Å². The lowest BCUT2D eigenvalue weighted by Gasteiger charge is -2.18. The Morgan fingerprint density at radius 2 is 1.89 bits per heavy atom. The second-order valence-electron chi connectivity index (χ2n) is 8.05. The Morgan fingerprint density at radius 3 is 2.56 bits per heavy atom. The van der Waals surface area contributed by atoms with E-state index in [2.05, 4.69) is 37.9 Å². The Hall–Kier alpha value is -2.01. The second kappa shape index (κ2) is 8.79. The van der Waals surface area contributed by atoms with Gasteiger partial charge < -0.3 is 10.2 Å². The van der Waals surface area contributed by atoms with Gasteiger partial charge in [0, 0.05) is 25.2 Å². The van der Waals surface area contributed by atoms with Crippen molar-refractivity contribution >= 4 is 16.9 Å². The Kier molecular flexibility index (Phi) is 6.42. The number of aryl methyl sites for hydroxylation is 2. The summed E-state index contributed by atoms with van der Waals surface area (Å²) in [6.45, 7) is 12.8. The molecule has 1 fully saturated rings. The normalized spacial score (nSPS) is 17.7. The predicted octanol–water partition coefficient (Wildman–Crippen LogP) is 3.46. The lowest BCUT2D eigenvalue weighted by atomic mass is 10.1. The molecule has 1 saturated heterocycles. The van der Waals surface area contributed by atoms with E-state index < -0.39 is 0 Å². The Bertz CT molecular complexity index is 802. The number of nitrogens with one attached hydrogen (secondary N) is 1. The van der Waals surface area contributed by atoms with Gasteiger partial charge in [0.15, 0.2) is 0 Å². The number of hydrogen-bond donors (Lipinski definition) is 1. The van der Waals surface area contributed by atoms with E-state index in [0.717, 1.165) is 67.9 Å². The van der Waals surface area contributed by atoms with Crippen LogP contribution in [0.3, 0.4) is 0 Å². The maximum atomic E-state index is 12.6. The number of rotatable bonds is 7. The lowest BCUT2D eigenvalue weighted by molar-refractivity contribution is 0.0947. The average molecular weight is 369 g/mol. The number of fused-ring (bicyclic) bond motifs is 1. The fourth-order valence-corrected chi connectivity index (χ4v) is 3.94. The third-order valence-electron chi connectivity index (χ3n) is 5.30. The van der Waals surface area contributed by atoms with Crippen LogP contribution in [0, 0.1) is 11.8 Å². The van der Waals surface area contributed by atoms with Crippen molar-refractivity contribution in [1.82, 2.24) is 20.2 Å². The minimum absolute atomic E-state index is 0.0152. The third-order valence-corrected chi connectivity index (χ3v) is 5.30. The highest BCUT2D eigenvalue weighted by Gasteiger charge is 2.23. The molecule has 1 unspecified atom stereocenters. The van der Waals surface area contributed by atoms with Crippen LogP contribution in [-0.4, -0.2) is 47.0 Å². The summed E-state index contributed by atoms with van der Waals surface area (Å²) in [5, 5.41) is 3.12. The number of likely N-dealkylation sites (tertiary alicyclic amines) is 1. The summed E-state index contributed by atoms with van der Waals surface area (Å²) in [4.78, 5) is 24.6. The third kappa shape index (κ3) is 4.83. The molecule has 27 heavy (non-hydrogen) atoms. The summed E-state index contributed by atoms with van der Waals surface area (Å²) in [5.74, 6) is 1.23. The van der Waals surface area contributed by atoms with E-state index in [1.54, 1.807) is 0 Å². The van der Waals surface area contributed by atoms with Crippen LogP contribution >= 0.6 is 0 Å². The zero-order chi connectivity index (χ0) is 19.4. The van der Waals surface area contributed by atoms with Crippen molar-refractivity contribution in [3.8, 4) is 0 Å². The molecule has 5 nitrogen and oxygen atoms in total. The van der Waals surface area contributed by atoms with E-state index in [9.17, 15) is 4.79 Å². The van der Waals surface area contributed by atoms with E-state index >= 15 is 0 Å². The summed E-state index contributed by atoms with van der Waals surface area (Å²) in [5.41, 5.74) is 4.41. The number of benzene rings is 1. The first kappa shape index (κ1) is 19.7. The van der Waals surface area contributed by atoms with Gasteiger partial charge >= 0.3 is 0 Å². The van der Waals surface area contributed by atoms with Crippen LogP contribution in [0.25, 0.3) is 11.0 Å². The van der Waals surface area contributed by atoms with E-state index in [4.69, 9.17) is 9.97 Å². The van der Waals surface area contributed by atoms with Crippen molar-refractivity contribution in [3.63, 3.8) is 0 Å². The molecule has 0 saturated carbocycles. The van der Waals surface area contributed by atoms with Gasteiger partial charge in [-0.15, -0.1) is 0 Å². The standard InChI is InChI=1S/C22H32N4O/c1-5-18-19(6-2)25-21-11-17(7-8-20(21)24-18)22(27)23-12-16-9-10-26(14-16)13-15(3)4/h7-8,11,15-16H,5-6,9-10,12-14H2,1-4H3,(H,23,27). The quantitative estimate of drug-likeness (QED) is 0.813. The van der Waals surface area contributed by atoms with Gasteiger partial charge in [-0.3, -0.25) is 4.79 Å². The first-order valence-corrected chi connectivity index (χ1v) is 10.3. The molecule has 1 amide bonds. The van der Waals surface area contributed by atoms with Gasteiger partial charge in [0.1, 0.15) is 0 Å². The first-order valence-electron chi connectivity index (χ1n) is 10.3. The SMILES string of the molecule is CCc1nc2ccc(C(=O)NCC3CCN(CC(C)C)C3)cc2nc1CC. The number of hydrogen-bond acceptors (Lipinski definition) is 4. The van der Waals surface area contributed by atoms with Crippen molar-refractivity contribution in [1.29, 1.82) is 0 Å². The predicted molar refractivity (Wildman–Crippen MR) is 110 cm³/mol. The highest BCUT2D eigenvalue weighted by molar-refractivity contribution is 5.97. The van der Waals surface area contributed by atoms with E-state index in [1.165, 1.54) is 0 Å². The van der Waals surface area contributed by atoms with Crippen molar-refractivity contribution in [2.24, 2.45) is 11.8 Å². The second-order valence-corrected chi connectivity index (χ2v) is 8.05.